The zero-order valence-corrected chi connectivity index (χ0v) is 48.1. The SMILES string of the molecule is C=Cc1ccc(C(C)(C)C)cc1.C=Cc1ccc(C(C)C)cc1.C=Cc1ccc(CC(C)(C)C)cc1.C=Cc1ccc(CC(C)C)cc1.C=Cc1ccc(CCC)cc1.C=Cc1ccc(CCCCCC)cc1. The monoisotopic (exact) mass is 975 g/mol. The summed E-state index contributed by atoms with van der Waals surface area (Å²) in [7, 11) is 0. The molecule has 0 atom stereocenters. The molecule has 390 valence electrons. The van der Waals surface area contributed by atoms with Crippen molar-refractivity contribution in [3.63, 3.8) is 0 Å². The first kappa shape index (κ1) is 64.8. The first-order valence-corrected chi connectivity index (χ1v) is 27.0. The van der Waals surface area contributed by atoms with Crippen LogP contribution in [0.1, 0.15) is 188 Å². The van der Waals surface area contributed by atoms with Crippen LogP contribution < -0.4 is 0 Å². The van der Waals surface area contributed by atoms with Crippen LogP contribution in [-0.2, 0) is 31.1 Å². The van der Waals surface area contributed by atoms with E-state index in [9.17, 15) is 0 Å². The Hall–Kier alpha value is -6.24. The van der Waals surface area contributed by atoms with Gasteiger partial charge in [-0.25, -0.2) is 0 Å². The van der Waals surface area contributed by atoms with Gasteiger partial charge in [0.05, 0.1) is 0 Å². The summed E-state index contributed by atoms with van der Waals surface area (Å²) in [6.07, 6.45) is 22.5. The lowest BCUT2D eigenvalue weighted by molar-refractivity contribution is 0.411. The Bertz CT molecular complexity index is 2380. The molecule has 0 spiro atoms. The summed E-state index contributed by atoms with van der Waals surface area (Å²) >= 11 is 0. The Labute approximate surface area is 449 Å². The number of benzene rings is 6. The van der Waals surface area contributed by atoms with Crippen LogP contribution in [0.15, 0.2) is 185 Å². The highest BCUT2D eigenvalue weighted by molar-refractivity contribution is 5.51. The zero-order valence-electron chi connectivity index (χ0n) is 48.1. The van der Waals surface area contributed by atoms with Crippen molar-refractivity contribution in [1.82, 2.24) is 0 Å². The van der Waals surface area contributed by atoms with Crippen LogP contribution in [0.3, 0.4) is 0 Å². The van der Waals surface area contributed by atoms with Crippen molar-refractivity contribution in [3.05, 3.63) is 252 Å². The van der Waals surface area contributed by atoms with Crippen molar-refractivity contribution in [2.45, 2.75) is 152 Å². The summed E-state index contributed by atoms with van der Waals surface area (Å²) in [5, 5.41) is 0. The molecule has 0 unspecified atom stereocenters. The van der Waals surface area contributed by atoms with E-state index in [4.69, 9.17) is 0 Å². The average Bonchev–Trinajstić information content (AvgIpc) is 3.38. The Balaban J connectivity index is 0.000000439. The predicted molar refractivity (Wildman–Crippen MR) is 336 cm³/mol. The maximum atomic E-state index is 3.75. The van der Waals surface area contributed by atoms with Gasteiger partial charge in [-0.1, -0.05) is 330 Å². The van der Waals surface area contributed by atoms with E-state index in [1.807, 2.05) is 36.5 Å². The summed E-state index contributed by atoms with van der Waals surface area (Å²) < 4.78 is 0. The average molecular weight is 976 g/mol. The lowest BCUT2D eigenvalue weighted by Gasteiger charge is -2.18. The summed E-state index contributed by atoms with van der Waals surface area (Å²) in [6, 6.07) is 51.5. The van der Waals surface area contributed by atoms with Crippen LogP contribution in [0.5, 0.6) is 0 Å². The van der Waals surface area contributed by atoms with Crippen LogP contribution in [0.25, 0.3) is 36.5 Å². The minimum absolute atomic E-state index is 0.250. The highest BCUT2D eigenvalue weighted by Crippen LogP contribution is 2.23. The van der Waals surface area contributed by atoms with Crippen molar-refractivity contribution in [2.75, 3.05) is 0 Å². The van der Waals surface area contributed by atoms with E-state index < -0.39 is 0 Å². The standard InChI is InChI=1S/C14H20.C13H18.2C12H16.2C11H14/c1-3-5-6-7-8-14-11-9-13(4-2)10-12-14;1-5-11-6-8-12(9-7-11)10-13(2,3)4;1-5-10-6-8-11(9-7-10)12(2,3)4;1-4-11-5-7-12(8-6-11)9-10(2)3;1-4-10-5-7-11(8-6-10)9(2)3;1-3-5-11-8-6-10(4-2)7-9-11/h4,9-12H,2-3,5-8H2,1H3;5-9H,1,10H2,2-4H3;5-9H,1H2,2-4H3;4-8,10H,1,9H2,2-3H3;4-9H,1H2,2-3H3;4,6-9H,2-3,5H2,1H3. The van der Waals surface area contributed by atoms with E-state index in [-0.39, 0.29) is 5.41 Å². The van der Waals surface area contributed by atoms with Crippen LogP contribution in [-0.4, -0.2) is 0 Å². The summed E-state index contributed by atoms with van der Waals surface area (Å²) in [5.74, 6) is 1.36. The second-order valence-corrected chi connectivity index (χ2v) is 21.8. The molecule has 6 aromatic rings. The molecule has 0 N–H and O–H groups in total. The van der Waals surface area contributed by atoms with Crippen LogP contribution in [0.4, 0.5) is 0 Å². The summed E-state index contributed by atoms with van der Waals surface area (Å²) in [5.41, 5.74) is 16.2. The molecule has 0 fully saturated rings. The fourth-order valence-corrected chi connectivity index (χ4v) is 7.47. The zero-order chi connectivity index (χ0) is 54.7. The molecular formula is C73H98. The Morgan fingerprint density at radius 3 is 1.00 bits per heavy atom. The van der Waals surface area contributed by atoms with Gasteiger partial charge in [0.25, 0.3) is 0 Å². The van der Waals surface area contributed by atoms with Gasteiger partial charge < -0.3 is 0 Å². The van der Waals surface area contributed by atoms with Gasteiger partial charge in [0.2, 0.25) is 0 Å². The molecule has 6 rings (SSSR count). The quantitative estimate of drug-likeness (QED) is 0.0799. The van der Waals surface area contributed by atoms with Gasteiger partial charge in [-0.3, -0.25) is 0 Å². The lowest BCUT2D eigenvalue weighted by atomic mass is 9.87. The lowest BCUT2D eigenvalue weighted by Crippen LogP contribution is -2.10. The molecule has 0 radical (unpaired) electrons. The van der Waals surface area contributed by atoms with Gasteiger partial charge in [-0.05, 0) is 122 Å². The third-order valence-corrected chi connectivity index (χ3v) is 11.9. The van der Waals surface area contributed by atoms with E-state index in [2.05, 4.69) is 268 Å². The first-order chi connectivity index (χ1) is 34.7. The van der Waals surface area contributed by atoms with Crippen molar-refractivity contribution in [1.29, 1.82) is 0 Å². The minimum Gasteiger partial charge on any atom is -0.0985 e. The Kier molecular flexibility index (Phi) is 32.5. The van der Waals surface area contributed by atoms with Crippen LogP contribution in [0, 0.1) is 11.3 Å². The minimum atomic E-state index is 0.250. The van der Waals surface area contributed by atoms with E-state index in [1.54, 1.807) is 0 Å². The third-order valence-electron chi connectivity index (χ3n) is 11.9. The number of hydrogen-bond acceptors (Lipinski definition) is 0. The van der Waals surface area contributed by atoms with Gasteiger partial charge in [-0.2, -0.15) is 0 Å². The second kappa shape index (κ2) is 36.6. The Morgan fingerprint density at radius 1 is 0.370 bits per heavy atom. The van der Waals surface area contributed by atoms with Crippen molar-refractivity contribution < 1.29 is 0 Å². The molecule has 0 aromatic heterocycles. The fourth-order valence-electron chi connectivity index (χ4n) is 7.47. The first-order valence-electron chi connectivity index (χ1n) is 27.0. The van der Waals surface area contributed by atoms with E-state index in [0.717, 1.165) is 18.8 Å². The van der Waals surface area contributed by atoms with Crippen molar-refractivity contribution in [3.8, 4) is 0 Å². The number of aryl methyl sites for hydroxylation is 2. The second-order valence-electron chi connectivity index (χ2n) is 21.8. The van der Waals surface area contributed by atoms with Crippen LogP contribution >= 0.6 is 0 Å². The topological polar surface area (TPSA) is 0 Å². The molecule has 0 heterocycles. The molecule has 0 saturated carbocycles. The molecule has 73 heavy (non-hydrogen) atoms. The van der Waals surface area contributed by atoms with Crippen molar-refractivity contribution in [2.24, 2.45) is 11.3 Å². The van der Waals surface area contributed by atoms with Crippen LogP contribution in [0.2, 0.25) is 0 Å². The fraction of sp³-hybridized carbons (Fsp3) is 0.342. The van der Waals surface area contributed by atoms with E-state index in [0.29, 0.717) is 11.3 Å². The van der Waals surface area contributed by atoms with E-state index in [1.165, 1.54) is 112 Å². The summed E-state index contributed by atoms with van der Waals surface area (Å²) in [4.78, 5) is 0. The molecule has 0 amide bonds. The number of unbranched alkanes of at least 4 members (excludes halogenated alkanes) is 3. The third kappa shape index (κ3) is 30.4. The molecule has 0 saturated heterocycles. The normalized spacial score (nSPS) is 10.4. The molecule has 0 aliphatic heterocycles. The smallest absolute Gasteiger partial charge is 0.0132 e. The molecular weight excluding hydrogens is 877 g/mol. The molecule has 0 aliphatic rings. The van der Waals surface area contributed by atoms with Gasteiger partial charge in [0.1, 0.15) is 0 Å². The van der Waals surface area contributed by atoms with E-state index >= 15 is 0 Å². The maximum absolute atomic E-state index is 3.75. The molecule has 0 bridgehead atoms. The number of rotatable bonds is 17. The molecule has 0 heteroatoms. The predicted octanol–water partition coefficient (Wildman–Crippen LogP) is 22.3. The number of hydrogen-bond donors (Lipinski definition) is 0. The van der Waals surface area contributed by atoms with Crippen molar-refractivity contribution >= 4 is 36.5 Å². The maximum Gasteiger partial charge on any atom is -0.0132 e. The highest BCUT2D eigenvalue weighted by atomic mass is 14.2. The Morgan fingerprint density at radius 2 is 0.699 bits per heavy atom. The van der Waals surface area contributed by atoms with Gasteiger partial charge in [0, 0.05) is 0 Å². The summed E-state index contributed by atoms with van der Waals surface area (Å²) in [6.45, 7) is 49.1. The van der Waals surface area contributed by atoms with Gasteiger partial charge in [-0.15, -0.1) is 0 Å². The van der Waals surface area contributed by atoms with Gasteiger partial charge in [0.15, 0.2) is 0 Å². The molecule has 6 aromatic carbocycles. The molecule has 0 nitrogen and oxygen atoms in total. The highest BCUT2D eigenvalue weighted by Gasteiger charge is 2.12. The largest absolute Gasteiger partial charge is 0.0985 e. The molecule has 0 aliphatic carbocycles. The van der Waals surface area contributed by atoms with Gasteiger partial charge >= 0.3 is 0 Å².